The minimum absolute atomic E-state index is 0.0149. The third-order valence-electron chi connectivity index (χ3n) is 2.63. The molecule has 1 heterocycles. The zero-order chi connectivity index (χ0) is 13.7. The molecule has 0 aliphatic carbocycles. The van der Waals surface area contributed by atoms with Crippen molar-refractivity contribution in [2.45, 2.75) is 26.8 Å². The molecule has 18 heavy (non-hydrogen) atoms. The zero-order valence-electron chi connectivity index (χ0n) is 11.0. The van der Waals surface area contributed by atoms with Crippen LogP contribution in [0.4, 0.5) is 5.82 Å². The van der Waals surface area contributed by atoms with Gasteiger partial charge in [-0.05, 0) is 32.9 Å². The quantitative estimate of drug-likeness (QED) is 0.310. The molecule has 0 fully saturated rings. The number of oxime groups is 1. The fourth-order valence-electron chi connectivity index (χ4n) is 1.73. The smallest absolute Gasteiger partial charge is 0.173 e. The molecule has 0 saturated heterocycles. The SMILES string of the molecule is Cc1ccc(C(N)=NO)c(N(CCO)C(C)C)n1. The van der Waals surface area contributed by atoms with Crippen LogP contribution >= 0.6 is 0 Å². The highest BCUT2D eigenvalue weighted by Crippen LogP contribution is 2.20. The Morgan fingerprint density at radius 1 is 1.50 bits per heavy atom. The van der Waals surface area contributed by atoms with E-state index in [2.05, 4.69) is 10.1 Å². The molecule has 100 valence electrons. The molecule has 4 N–H and O–H groups in total. The summed E-state index contributed by atoms with van der Waals surface area (Å²) in [6.45, 7) is 6.33. The Morgan fingerprint density at radius 2 is 2.17 bits per heavy atom. The number of aromatic nitrogens is 1. The molecule has 0 radical (unpaired) electrons. The molecule has 1 aromatic rings. The van der Waals surface area contributed by atoms with Gasteiger partial charge in [-0.15, -0.1) is 0 Å². The number of rotatable bonds is 5. The van der Waals surface area contributed by atoms with Crippen molar-refractivity contribution in [3.63, 3.8) is 0 Å². The van der Waals surface area contributed by atoms with Crippen LogP contribution in [0.15, 0.2) is 17.3 Å². The summed E-state index contributed by atoms with van der Waals surface area (Å²) in [4.78, 5) is 6.34. The van der Waals surface area contributed by atoms with Crippen molar-refractivity contribution in [2.75, 3.05) is 18.1 Å². The van der Waals surface area contributed by atoms with Crippen molar-refractivity contribution < 1.29 is 10.3 Å². The highest BCUT2D eigenvalue weighted by molar-refractivity contribution is 6.01. The van der Waals surface area contributed by atoms with E-state index < -0.39 is 0 Å². The van der Waals surface area contributed by atoms with E-state index in [0.29, 0.717) is 17.9 Å². The summed E-state index contributed by atoms with van der Waals surface area (Å²) in [6.07, 6.45) is 0. The number of aryl methyl sites for hydroxylation is 1. The highest BCUT2D eigenvalue weighted by Gasteiger charge is 2.18. The van der Waals surface area contributed by atoms with Crippen molar-refractivity contribution in [3.05, 3.63) is 23.4 Å². The summed E-state index contributed by atoms with van der Waals surface area (Å²) in [5.41, 5.74) is 7.05. The number of hydrogen-bond acceptors (Lipinski definition) is 5. The first-order chi connectivity index (χ1) is 8.51. The molecule has 0 aliphatic rings. The van der Waals surface area contributed by atoms with Crippen molar-refractivity contribution in [3.8, 4) is 0 Å². The molecule has 0 aromatic carbocycles. The molecule has 1 aromatic heterocycles. The molecule has 6 heteroatoms. The van der Waals surface area contributed by atoms with E-state index in [1.807, 2.05) is 25.7 Å². The lowest BCUT2D eigenvalue weighted by molar-refractivity contribution is 0.298. The average Bonchev–Trinajstić information content (AvgIpc) is 2.34. The molecule has 0 atom stereocenters. The zero-order valence-corrected chi connectivity index (χ0v) is 11.0. The van der Waals surface area contributed by atoms with E-state index in [-0.39, 0.29) is 18.5 Å². The number of aliphatic hydroxyl groups is 1. The number of anilines is 1. The second-order valence-corrected chi connectivity index (χ2v) is 4.32. The van der Waals surface area contributed by atoms with Gasteiger partial charge in [-0.2, -0.15) is 0 Å². The lowest BCUT2D eigenvalue weighted by Gasteiger charge is -2.29. The molecular formula is C12H20N4O2. The Balaban J connectivity index is 3.30. The average molecular weight is 252 g/mol. The standard InChI is InChI=1S/C12H20N4O2/c1-8(2)16(6-7-17)12-10(11(13)15-18)5-4-9(3)14-12/h4-5,8,17-18H,6-7H2,1-3H3,(H2,13,15). The van der Waals surface area contributed by atoms with Crippen LogP contribution in [0.2, 0.25) is 0 Å². The fourth-order valence-corrected chi connectivity index (χ4v) is 1.73. The predicted octanol–water partition coefficient (Wildman–Crippen LogP) is 0.692. The number of hydrogen-bond donors (Lipinski definition) is 3. The van der Waals surface area contributed by atoms with E-state index in [4.69, 9.17) is 16.0 Å². The third-order valence-corrected chi connectivity index (χ3v) is 2.63. The predicted molar refractivity (Wildman–Crippen MR) is 71.1 cm³/mol. The Bertz CT molecular complexity index is 432. The van der Waals surface area contributed by atoms with Crippen LogP contribution < -0.4 is 10.6 Å². The number of aliphatic hydroxyl groups excluding tert-OH is 1. The molecule has 0 amide bonds. The van der Waals surface area contributed by atoms with Gasteiger partial charge < -0.3 is 20.9 Å². The van der Waals surface area contributed by atoms with E-state index in [0.717, 1.165) is 5.69 Å². The third kappa shape index (κ3) is 3.10. The number of amidine groups is 1. The first-order valence-electron chi connectivity index (χ1n) is 5.84. The van der Waals surface area contributed by atoms with Crippen LogP contribution in [0.3, 0.4) is 0 Å². The van der Waals surface area contributed by atoms with Crippen LogP contribution in [0, 0.1) is 6.92 Å². The second kappa shape index (κ2) is 6.20. The van der Waals surface area contributed by atoms with Crippen LogP contribution in [-0.2, 0) is 0 Å². The maximum absolute atomic E-state index is 9.12. The number of nitrogens with zero attached hydrogens (tertiary/aromatic N) is 3. The largest absolute Gasteiger partial charge is 0.409 e. The normalized spacial score (nSPS) is 11.9. The van der Waals surface area contributed by atoms with Crippen LogP contribution in [0.25, 0.3) is 0 Å². The summed E-state index contributed by atoms with van der Waals surface area (Å²) in [6, 6.07) is 3.71. The van der Waals surface area contributed by atoms with Gasteiger partial charge in [-0.3, -0.25) is 0 Å². The van der Waals surface area contributed by atoms with Crippen LogP contribution in [0.5, 0.6) is 0 Å². The van der Waals surface area contributed by atoms with E-state index in [1.54, 1.807) is 12.1 Å². The van der Waals surface area contributed by atoms with Crippen LogP contribution in [-0.4, -0.2) is 40.3 Å². The molecule has 1 rings (SSSR count). The molecule has 0 aliphatic heterocycles. The molecule has 0 saturated carbocycles. The Morgan fingerprint density at radius 3 is 2.67 bits per heavy atom. The number of pyridine rings is 1. The van der Waals surface area contributed by atoms with Gasteiger partial charge in [-0.1, -0.05) is 5.16 Å². The number of nitrogens with two attached hydrogens (primary N) is 1. The monoisotopic (exact) mass is 252 g/mol. The molecular weight excluding hydrogens is 232 g/mol. The van der Waals surface area contributed by atoms with E-state index in [1.165, 1.54) is 0 Å². The second-order valence-electron chi connectivity index (χ2n) is 4.32. The lowest BCUT2D eigenvalue weighted by atomic mass is 10.2. The Hall–Kier alpha value is -1.82. The van der Waals surface area contributed by atoms with Crippen molar-refractivity contribution >= 4 is 11.7 Å². The van der Waals surface area contributed by atoms with Gasteiger partial charge in [0.2, 0.25) is 0 Å². The van der Waals surface area contributed by atoms with Crippen molar-refractivity contribution in [2.24, 2.45) is 10.9 Å². The molecule has 0 unspecified atom stereocenters. The van der Waals surface area contributed by atoms with Gasteiger partial charge in [0, 0.05) is 18.3 Å². The van der Waals surface area contributed by atoms with E-state index in [9.17, 15) is 0 Å². The van der Waals surface area contributed by atoms with Gasteiger partial charge >= 0.3 is 0 Å². The Labute approximate surface area is 107 Å². The summed E-state index contributed by atoms with van der Waals surface area (Å²) in [7, 11) is 0. The molecule has 0 bridgehead atoms. The summed E-state index contributed by atoms with van der Waals surface area (Å²) < 4.78 is 0. The highest BCUT2D eigenvalue weighted by atomic mass is 16.4. The van der Waals surface area contributed by atoms with Gasteiger partial charge in [0.15, 0.2) is 5.84 Å². The maximum atomic E-state index is 9.12. The van der Waals surface area contributed by atoms with E-state index >= 15 is 0 Å². The lowest BCUT2D eigenvalue weighted by Crippen LogP contribution is -2.36. The van der Waals surface area contributed by atoms with Crippen molar-refractivity contribution in [1.82, 2.24) is 4.98 Å². The van der Waals surface area contributed by atoms with Crippen molar-refractivity contribution in [1.29, 1.82) is 0 Å². The summed E-state index contributed by atoms with van der Waals surface area (Å²) >= 11 is 0. The minimum Gasteiger partial charge on any atom is -0.409 e. The van der Waals surface area contributed by atoms with Gasteiger partial charge in [0.05, 0.1) is 12.2 Å². The minimum atomic E-state index is 0.0149. The van der Waals surface area contributed by atoms with Gasteiger partial charge in [0.1, 0.15) is 5.82 Å². The van der Waals surface area contributed by atoms with Gasteiger partial charge in [0.25, 0.3) is 0 Å². The first-order valence-corrected chi connectivity index (χ1v) is 5.84. The Kier molecular flexibility index (Phi) is 4.91. The van der Waals surface area contributed by atoms with Crippen LogP contribution in [0.1, 0.15) is 25.1 Å². The topological polar surface area (TPSA) is 95.0 Å². The molecule has 6 nitrogen and oxygen atoms in total. The fraction of sp³-hybridized carbons (Fsp3) is 0.500. The summed E-state index contributed by atoms with van der Waals surface area (Å²) in [5, 5.41) is 20.9. The van der Waals surface area contributed by atoms with Gasteiger partial charge in [-0.25, -0.2) is 4.98 Å². The maximum Gasteiger partial charge on any atom is 0.173 e. The first kappa shape index (κ1) is 14.2. The summed E-state index contributed by atoms with van der Waals surface area (Å²) in [5.74, 6) is 0.635. The molecule has 0 spiro atoms.